The number of benzene rings is 1. The maximum atomic E-state index is 14.0. The molecule has 1 aliphatic heterocycles. The zero-order valence-electron chi connectivity index (χ0n) is 12.5. The zero-order chi connectivity index (χ0) is 15.4. The number of hydrogen-bond acceptors (Lipinski definition) is 4. The Balaban J connectivity index is 2.18. The van der Waals surface area contributed by atoms with Gasteiger partial charge in [-0.3, -0.25) is 4.79 Å². The van der Waals surface area contributed by atoms with E-state index < -0.39 is 11.7 Å². The summed E-state index contributed by atoms with van der Waals surface area (Å²) in [4.78, 5) is 12.3. The van der Waals surface area contributed by atoms with Crippen LogP contribution < -0.4 is 20.1 Å². The molecule has 6 heteroatoms. The highest BCUT2D eigenvalue weighted by molar-refractivity contribution is 5.95. The zero-order valence-corrected chi connectivity index (χ0v) is 12.5. The third kappa shape index (κ3) is 3.44. The van der Waals surface area contributed by atoms with E-state index in [0.717, 1.165) is 19.0 Å². The summed E-state index contributed by atoms with van der Waals surface area (Å²) < 4.78 is 24.2. The van der Waals surface area contributed by atoms with Crippen molar-refractivity contribution in [1.82, 2.24) is 10.6 Å². The van der Waals surface area contributed by atoms with Crippen LogP contribution in [-0.2, 0) is 0 Å². The van der Waals surface area contributed by atoms with E-state index in [1.54, 1.807) is 0 Å². The van der Waals surface area contributed by atoms with Crippen molar-refractivity contribution in [2.24, 2.45) is 5.92 Å². The number of carbonyl (C=O) groups is 1. The van der Waals surface area contributed by atoms with Crippen LogP contribution >= 0.6 is 0 Å². The molecule has 1 saturated heterocycles. The Morgan fingerprint density at radius 3 is 2.62 bits per heavy atom. The summed E-state index contributed by atoms with van der Waals surface area (Å²) in [6.45, 7) is 3.72. The first-order valence-corrected chi connectivity index (χ1v) is 7.00. The van der Waals surface area contributed by atoms with E-state index in [-0.39, 0.29) is 17.4 Å². The third-order valence-corrected chi connectivity index (χ3v) is 3.86. The minimum atomic E-state index is -0.624. The van der Waals surface area contributed by atoms with Crippen LogP contribution in [-0.4, -0.2) is 39.3 Å². The van der Waals surface area contributed by atoms with E-state index in [1.807, 2.05) is 0 Å². The fraction of sp³-hybridized carbons (Fsp3) is 0.533. The normalized spacial score (nSPS) is 21.7. The lowest BCUT2D eigenvalue weighted by molar-refractivity contribution is 0.0910. The predicted molar refractivity (Wildman–Crippen MR) is 77.4 cm³/mol. The lowest BCUT2D eigenvalue weighted by Crippen LogP contribution is -2.50. The Morgan fingerprint density at radius 2 is 2.00 bits per heavy atom. The van der Waals surface area contributed by atoms with Gasteiger partial charge in [-0.25, -0.2) is 4.39 Å². The van der Waals surface area contributed by atoms with Gasteiger partial charge in [0.15, 0.2) is 11.5 Å². The molecule has 2 N–H and O–H groups in total. The molecule has 2 unspecified atom stereocenters. The first kappa shape index (κ1) is 15.6. The van der Waals surface area contributed by atoms with Gasteiger partial charge in [0.05, 0.1) is 19.8 Å². The number of ether oxygens (including phenoxy) is 2. The van der Waals surface area contributed by atoms with Crippen LogP contribution in [0.15, 0.2) is 12.1 Å². The Hall–Kier alpha value is -1.82. The van der Waals surface area contributed by atoms with Crippen molar-refractivity contribution in [3.63, 3.8) is 0 Å². The Bertz CT molecular complexity index is 522. The van der Waals surface area contributed by atoms with E-state index in [0.29, 0.717) is 18.2 Å². The van der Waals surface area contributed by atoms with Crippen molar-refractivity contribution in [2.75, 3.05) is 27.3 Å². The molecule has 1 heterocycles. The van der Waals surface area contributed by atoms with Gasteiger partial charge in [0.1, 0.15) is 5.82 Å². The molecule has 0 aliphatic carbocycles. The summed E-state index contributed by atoms with van der Waals surface area (Å²) in [7, 11) is 2.87. The van der Waals surface area contributed by atoms with Crippen molar-refractivity contribution in [1.29, 1.82) is 0 Å². The van der Waals surface area contributed by atoms with Gasteiger partial charge in [-0.1, -0.05) is 6.92 Å². The van der Waals surface area contributed by atoms with Gasteiger partial charge in [-0.2, -0.15) is 0 Å². The molecule has 1 aromatic carbocycles. The second-order valence-electron chi connectivity index (χ2n) is 5.24. The summed E-state index contributed by atoms with van der Waals surface area (Å²) in [6.07, 6.45) is 0.985. The summed E-state index contributed by atoms with van der Waals surface area (Å²) in [5.74, 6) is -0.105. The van der Waals surface area contributed by atoms with Crippen LogP contribution in [0.25, 0.3) is 0 Å². The van der Waals surface area contributed by atoms with Crippen molar-refractivity contribution in [3.05, 3.63) is 23.5 Å². The molecule has 0 spiro atoms. The van der Waals surface area contributed by atoms with E-state index in [9.17, 15) is 9.18 Å². The number of hydrogen-bond donors (Lipinski definition) is 2. The standard InChI is InChI=1S/C15H21FN2O3/c1-9-4-5-17-8-12(9)18-15(19)10-6-13(20-2)14(21-3)7-11(10)16/h6-7,9,12,17H,4-5,8H2,1-3H3,(H,18,19). The van der Waals surface area contributed by atoms with Gasteiger partial charge in [0.2, 0.25) is 0 Å². The molecule has 1 aromatic rings. The molecular weight excluding hydrogens is 275 g/mol. The van der Waals surface area contributed by atoms with Gasteiger partial charge in [-0.05, 0) is 24.9 Å². The van der Waals surface area contributed by atoms with Crippen molar-refractivity contribution < 1.29 is 18.7 Å². The molecule has 21 heavy (non-hydrogen) atoms. The van der Waals surface area contributed by atoms with E-state index in [2.05, 4.69) is 17.6 Å². The molecule has 1 aliphatic rings. The Morgan fingerprint density at radius 1 is 1.33 bits per heavy atom. The number of piperidine rings is 1. The second-order valence-corrected chi connectivity index (χ2v) is 5.24. The topological polar surface area (TPSA) is 59.6 Å². The Labute approximate surface area is 123 Å². The fourth-order valence-electron chi connectivity index (χ4n) is 2.46. The number of carbonyl (C=O) groups excluding carboxylic acids is 1. The lowest BCUT2D eigenvalue weighted by atomic mass is 9.94. The number of rotatable bonds is 4. The molecule has 0 radical (unpaired) electrons. The quantitative estimate of drug-likeness (QED) is 0.885. The highest BCUT2D eigenvalue weighted by Gasteiger charge is 2.25. The number of methoxy groups -OCH3 is 2. The highest BCUT2D eigenvalue weighted by atomic mass is 19.1. The lowest BCUT2D eigenvalue weighted by Gasteiger charge is -2.30. The van der Waals surface area contributed by atoms with Gasteiger partial charge >= 0.3 is 0 Å². The van der Waals surface area contributed by atoms with Gasteiger partial charge in [0, 0.05) is 18.7 Å². The first-order valence-electron chi connectivity index (χ1n) is 7.00. The maximum Gasteiger partial charge on any atom is 0.254 e. The van der Waals surface area contributed by atoms with Crippen LogP contribution in [0.1, 0.15) is 23.7 Å². The predicted octanol–water partition coefficient (Wildman–Crippen LogP) is 1.57. The summed E-state index contributed by atoms with van der Waals surface area (Å²) in [5.41, 5.74) is -0.0366. The number of halogens is 1. The molecule has 0 saturated carbocycles. The van der Waals surface area contributed by atoms with Crippen molar-refractivity contribution >= 4 is 5.91 Å². The SMILES string of the molecule is COc1cc(F)c(C(=O)NC2CNCCC2C)cc1OC. The van der Waals surface area contributed by atoms with Crippen LogP contribution in [0.2, 0.25) is 0 Å². The number of nitrogens with one attached hydrogen (secondary N) is 2. The van der Waals surface area contributed by atoms with E-state index >= 15 is 0 Å². The largest absolute Gasteiger partial charge is 0.493 e. The molecule has 1 fully saturated rings. The highest BCUT2D eigenvalue weighted by Crippen LogP contribution is 2.30. The molecule has 2 atom stereocenters. The molecular formula is C15H21FN2O3. The smallest absolute Gasteiger partial charge is 0.254 e. The van der Waals surface area contributed by atoms with E-state index in [1.165, 1.54) is 20.3 Å². The van der Waals surface area contributed by atoms with Gasteiger partial charge in [-0.15, -0.1) is 0 Å². The molecule has 0 bridgehead atoms. The molecule has 116 valence electrons. The molecule has 1 amide bonds. The minimum Gasteiger partial charge on any atom is -0.493 e. The van der Waals surface area contributed by atoms with Crippen molar-refractivity contribution in [3.8, 4) is 11.5 Å². The van der Waals surface area contributed by atoms with Gasteiger partial charge < -0.3 is 20.1 Å². The van der Waals surface area contributed by atoms with Crippen molar-refractivity contribution in [2.45, 2.75) is 19.4 Å². The van der Waals surface area contributed by atoms with Crippen LogP contribution in [0.3, 0.4) is 0 Å². The van der Waals surface area contributed by atoms with Crippen LogP contribution in [0, 0.1) is 11.7 Å². The third-order valence-electron chi connectivity index (χ3n) is 3.86. The molecule has 0 aromatic heterocycles. The second kappa shape index (κ2) is 6.76. The minimum absolute atomic E-state index is 0.00116. The summed E-state index contributed by atoms with van der Waals surface area (Å²) in [6, 6.07) is 2.53. The molecule has 2 rings (SSSR count). The van der Waals surface area contributed by atoms with E-state index in [4.69, 9.17) is 9.47 Å². The summed E-state index contributed by atoms with van der Waals surface area (Å²) in [5, 5.41) is 6.10. The van der Waals surface area contributed by atoms with Gasteiger partial charge in [0.25, 0.3) is 5.91 Å². The summed E-state index contributed by atoms with van der Waals surface area (Å²) >= 11 is 0. The average molecular weight is 296 g/mol. The van der Waals surface area contributed by atoms with Crippen LogP contribution in [0.4, 0.5) is 4.39 Å². The Kier molecular flexibility index (Phi) is 5.01. The number of amides is 1. The maximum absolute atomic E-state index is 14.0. The first-order chi connectivity index (χ1) is 10.1. The fourth-order valence-corrected chi connectivity index (χ4v) is 2.46. The average Bonchev–Trinajstić information content (AvgIpc) is 2.49. The monoisotopic (exact) mass is 296 g/mol. The molecule has 5 nitrogen and oxygen atoms in total. The van der Waals surface area contributed by atoms with Crippen LogP contribution in [0.5, 0.6) is 11.5 Å².